The molecule has 0 unspecified atom stereocenters. The highest BCUT2D eigenvalue weighted by atomic mass is 15.3. The lowest BCUT2D eigenvalue weighted by molar-refractivity contribution is 0.639. The molecule has 1 N–H and O–H groups in total. The van der Waals surface area contributed by atoms with Crippen LogP contribution >= 0.6 is 0 Å². The Morgan fingerprint density at radius 3 is 2.45 bits per heavy atom. The molecule has 0 saturated carbocycles. The zero-order chi connectivity index (χ0) is 15.4. The molecule has 0 spiro atoms. The van der Waals surface area contributed by atoms with Gasteiger partial charge in [-0.15, -0.1) is 0 Å². The quantitative estimate of drug-likeness (QED) is 0.913. The Bertz CT molecular complexity index is 623. The maximum absolute atomic E-state index is 4.56. The Hall–Kier alpha value is -2.44. The van der Waals surface area contributed by atoms with E-state index in [1.807, 2.05) is 26.1 Å². The number of rotatable bonds is 4. The first-order chi connectivity index (χ1) is 10.8. The molecule has 22 heavy (non-hydrogen) atoms. The minimum Gasteiger partial charge on any atom is -0.354 e. The molecule has 7 nitrogen and oxygen atoms in total. The normalized spacial score (nSPS) is 15.0. The Morgan fingerprint density at radius 1 is 1.05 bits per heavy atom. The second-order valence-corrected chi connectivity index (χ2v) is 5.26. The van der Waals surface area contributed by atoms with E-state index in [0.717, 1.165) is 50.1 Å². The molecule has 0 radical (unpaired) electrons. The van der Waals surface area contributed by atoms with Gasteiger partial charge >= 0.3 is 0 Å². The highest BCUT2D eigenvalue weighted by molar-refractivity contribution is 5.46. The monoisotopic (exact) mass is 299 g/mol. The molecular formula is C15H21N7. The fourth-order valence-electron chi connectivity index (χ4n) is 2.54. The van der Waals surface area contributed by atoms with Gasteiger partial charge in [-0.2, -0.15) is 4.98 Å². The van der Waals surface area contributed by atoms with Crippen LogP contribution in [0.3, 0.4) is 0 Å². The fraction of sp³-hybridized carbons (Fsp3) is 0.467. The molecule has 1 fully saturated rings. The van der Waals surface area contributed by atoms with E-state index < -0.39 is 0 Å². The number of nitrogens with zero attached hydrogens (tertiary/aromatic N) is 6. The van der Waals surface area contributed by atoms with Crippen molar-refractivity contribution in [2.75, 3.05) is 47.8 Å². The van der Waals surface area contributed by atoms with E-state index in [2.05, 4.69) is 35.1 Å². The number of hydrogen-bond donors (Lipinski definition) is 1. The first kappa shape index (κ1) is 14.5. The van der Waals surface area contributed by atoms with Gasteiger partial charge in [0.25, 0.3) is 0 Å². The predicted molar refractivity (Wildman–Crippen MR) is 87.4 cm³/mol. The molecule has 3 rings (SSSR count). The van der Waals surface area contributed by atoms with E-state index in [4.69, 9.17) is 0 Å². The van der Waals surface area contributed by atoms with Crippen LogP contribution in [-0.4, -0.2) is 52.7 Å². The number of nitrogens with one attached hydrogen (secondary N) is 1. The van der Waals surface area contributed by atoms with Crippen LogP contribution in [0, 0.1) is 6.92 Å². The lowest BCUT2D eigenvalue weighted by atomic mass is 10.3. The van der Waals surface area contributed by atoms with E-state index in [0.29, 0.717) is 5.95 Å². The van der Waals surface area contributed by atoms with Gasteiger partial charge in [-0.3, -0.25) is 4.98 Å². The summed E-state index contributed by atoms with van der Waals surface area (Å²) in [6.45, 7) is 8.49. The van der Waals surface area contributed by atoms with Crippen LogP contribution in [-0.2, 0) is 0 Å². The summed E-state index contributed by atoms with van der Waals surface area (Å²) in [6, 6.07) is 1.96. The van der Waals surface area contributed by atoms with Crippen molar-refractivity contribution in [1.82, 2.24) is 19.9 Å². The van der Waals surface area contributed by atoms with Crippen LogP contribution in [0.5, 0.6) is 0 Å². The summed E-state index contributed by atoms with van der Waals surface area (Å²) in [6.07, 6.45) is 5.41. The van der Waals surface area contributed by atoms with Crippen LogP contribution in [0.1, 0.15) is 12.6 Å². The summed E-state index contributed by atoms with van der Waals surface area (Å²) >= 11 is 0. The van der Waals surface area contributed by atoms with Crippen molar-refractivity contribution < 1.29 is 0 Å². The molecule has 0 aromatic carbocycles. The van der Waals surface area contributed by atoms with E-state index in [-0.39, 0.29) is 0 Å². The minimum absolute atomic E-state index is 0.687. The Kier molecular flexibility index (Phi) is 4.32. The van der Waals surface area contributed by atoms with Gasteiger partial charge in [0.1, 0.15) is 11.6 Å². The van der Waals surface area contributed by atoms with E-state index in [9.17, 15) is 0 Å². The highest BCUT2D eigenvalue weighted by Crippen LogP contribution is 2.17. The summed E-state index contributed by atoms with van der Waals surface area (Å²) in [5.74, 6) is 2.61. The first-order valence-corrected chi connectivity index (χ1v) is 7.61. The van der Waals surface area contributed by atoms with Crippen LogP contribution in [0.4, 0.5) is 17.6 Å². The molecule has 116 valence electrons. The van der Waals surface area contributed by atoms with Crippen molar-refractivity contribution >= 4 is 17.6 Å². The van der Waals surface area contributed by atoms with Crippen LogP contribution in [0.15, 0.2) is 24.7 Å². The van der Waals surface area contributed by atoms with Gasteiger partial charge in [0.15, 0.2) is 0 Å². The van der Waals surface area contributed by atoms with Crippen molar-refractivity contribution in [3.63, 3.8) is 0 Å². The van der Waals surface area contributed by atoms with Gasteiger partial charge in [-0.25, -0.2) is 9.97 Å². The Balaban J connectivity index is 1.65. The van der Waals surface area contributed by atoms with Crippen molar-refractivity contribution in [3.8, 4) is 0 Å². The third-order valence-electron chi connectivity index (χ3n) is 3.65. The average molecular weight is 299 g/mol. The zero-order valence-electron chi connectivity index (χ0n) is 13.0. The van der Waals surface area contributed by atoms with E-state index in [1.165, 1.54) is 0 Å². The molecule has 1 aliphatic heterocycles. The molecule has 1 saturated heterocycles. The smallest absolute Gasteiger partial charge is 0.224 e. The molecule has 1 aliphatic rings. The molecular weight excluding hydrogens is 278 g/mol. The van der Waals surface area contributed by atoms with Gasteiger partial charge < -0.3 is 15.1 Å². The molecule has 0 bridgehead atoms. The number of hydrogen-bond acceptors (Lipinski definition) is 7. The van der Waals surface area contributed by atoms with Crippen molar-refractivity contribution in [2.24, 2.45) is 0 Å². The molecule has 2 aromatic rings. The maximum atomic E-state index is 4.56. The van der Waals surface area contributed by atoms with Gasteiger partial charge in [-0.1, -0.05) is 0 Å². The number of aromatic nitrogens is 4. The molecule has 2 aromatic heterocycles. The zero-order valence-corrected chi connectivity index (χ0v) is 13.0. The molecule has 0 amide bonds. The van der Waals surface area contributed by atoms with Crippen molar-refractivity contribution in [3.05, 3.63) is 30.4 Å². The van der Waals surface area contributed by atoms with E-state index in [1.54, 1.807) is 12.4 Å². The maximum Gasteiger partial charge on any atom is 0.224 e. The molecule has 3 heterocycles. The summed E-state index contributed by atoms with van der Waals surface area (Å²) in [4.78, 5) is 22.1. The molecule has 0 aliphatic carbocycles. The van der Waals surface area contributed by atoms with Gasteiger partial charge in [-0.05, 0) is 19.9 Å². The van der Waals surface area contributed by atoms with E-state index >= 15 is 0 Å². The average Bonchev–Trinajstić information content (AvgIpc) is 2.56. The summed E-state index contributed by atoms with van der Waals surface area (Å²) in [5.41, 5.74) is 0.950. The Morgan fingerprint density at radius 2 is 1.77 bits per heavy atom. The van der Waals surface area contributed by atoms with Crippen LogP contribution in [0.2, 0.25) is 0 Å². The summed E-state index contributed by atoms with van der Waals surface area (Å²) in [7, 11) is 0. The van der Waals surface area contributed by atoms with Gasteiger partial charge in [0, 0.05) is 45.1 Å². The largest absolute Gasteiger partial charge is 0.354 e. The second kappa shape index (κ2) is 6.55. The molecule has 0 atom stereocenters. The van der Waals surface area contributed by atoms with Crippen molar-refractivity contribution in [2.45, 2.75) is 13.8 Å². The third-order valence-corrected chi connectivity index (χ3v) is 3.65. The number of piperazine rings is 1. The SMILES string of the molecule is CCNc1nccc(N2CCN(c3cncc(C)n3)CC2)n1. The van der Waals surface area contributed by atoms with Crippen LogP contribution < -0.4 is 15.1 Å². The summed E-state index contributed by atoms with van der Waals surface area (Å²) in [5, 5.41) is 3.15. The first-order valence-electron chi connectivity index (χ1n) is 7.61. The van der Waals surface area contributed by atoms with Gasteiger partial charge in [0.05, 0.1) is 11.9 Å². The topological polar surface area (TPSA) is 70.1 Å². The van der Waals surface area contributed by atoms with Crippen molar-refractivity contribution in [1.29, 1.82) is 0 Å². The predicted octanol–water partition coefficient (Wildman–Crippen LogP) is 1.33. The van der Waals surface area contributed by atoms with Crippen LogP contribution in [0.25, 0.3) is 0 Å². The molecule has 7 heteroatoms. The highest BCUT2D eigenvalue weighted by Gasteiger charge is 2.19. The standard InChI is InChI=1S/C15H21N7/c1-3-17-15-18-5-4-13(20-15)21-6-8-22(9-7-21)14-11-16-10-12(2)19-14/h4-5,10-11H,3,6-9H2,1-2H3,(H,17,18,20). The lowest BCUT2D eigenvalue weighted by Gasteiger charge is -2.36. The third kappa shape index (κ3) is 3.24. The second-order valence-electron chi connectivity index (χ2n) is 5.26. The lowest BCUT2D eigenvalue weighted by Crippen LogP contribution is -2.47. The number of aryl methyl sites for hydroxylation is 1. The van der Waals surface area contributed by atoms with Gasteiger partial charge in [0.2, 0.25) is 5.95 Å². The Labute approximate surface area is 130 Å². The minimum atomic E-state index is 0.687. The summed E-state index contributed by atoms with van der Waals surface area (Å²) < 4.78 is 0. The fourth-order valence-corrected chi connectivity index (χ4v) is 2.54. The number of anilines is 3.